The normalized spacial score (nSPS) is 20.3. The van der Waals surface area contributed by atoms with Gasteiger partial charge in [-0.15, -0.1) is 0 Å². The number of carbonyl (C=O) groups excluding carboxylic acids is 3. The van der Waals surface area contributed by atoms with Crippen LogP contribution < -0.4 is 0 Å². The molecule has 208 valence electrons. The highest BCUT2D eigenvalue weighted by molar-refractivity contribution is 6.33. The second kappa shape index (κ2) is 10.6. The van der Waals surface area contributed by atoms with Gasteiger partial charge in [0.1, 0.15) is 0 Å². The summed E-state index contributed by atoms with van der Waals surface area (Å²) in [6.07, 6.45) is 5.18. The van der Waals surface area contributed by atoms with Gasteiger partial charge in [0, 0.05) is 45.2 Å². The maximum absolute atomic E-state index is 13.6. The molecule has 3 amide bonds. The van der Waals surface area contributed by atoms with Gasteiger partial charge in [-0.3, -0.25) is 14.4 Å². The van der Waals surface area contributed by atoms with Crippen LogP contribution in [-0.2, 0) is 11.2 Å². The Bertz CT molecular complexity index is 1280. The van der Waals surface area contributed by atoms with Gasteiger partial charge in [-0.2, -0.15) is 0 Å². The summed E-state index contributed by atoms with van der Waals surface area (Å²) in [5.41, 5.74) is 3.54. The zero-order chi connectivity index (χ0) is 27.9. The SMILES string of the molecule is CN(C(=O)c1ccccc1Cl)C1CCc2ccc(C(=O)N3CCC4(CCN(C(=O)CC(C)(C)C)CC4)C3)cc21. The first kappa shape index (κ1) is 27.7. The highest BCUT2D eigenvalue weighted by Crippen LogP contribution is 2.42. The third-order valence-corrected chi connectivity index (χ3v) is 9.24. The lowest BCUT2D eigenvalue weighted by atomic mass is 9.77. The molecule has 2 aromatic rings. The van der Waals surface area contributed by atoms with Crippen molar-refractivity contribution in [3.05, 3.63) is 69.7 Å². The number of rotatable bonds is 4. The molecular weight excluding hydrogens is 510 g/mol. The van der Waals surface area contributed by atoms with Crippen LogP contribution in [0, 0.1) is 10.8 Å². The van der Waals surface area contributed by atoms with E-state index in [0.29, 0.717) is 22.6 Å². The van der Waals surface area contributed by atoms with E-state index in [2.05, 4.69) is 26.8 Å². The minimum Gasteiger partial charge on any atom is -0.343 e. The summed E-state index contributed by atoms with van der Waals surface area (Å²) in [6, 6.07) is 13.0. The van der Waals surface area contributed by atoms with E-state index in [4.69, 9.17) is 11.6 Å². The molecular formula is C32H40ClN3O3. The van der Waals surface area contributed by atoms with E-state index in [9.17, 15) is 14.4 Å². The predicted molar refractivity (Wildman–Crippen MR) is 154 cm³/mol. The lowest BCUT2D eigenvalue weighted by Crippen LogP contribution is -2.45. The van der Waals surface area contributed by atoms with Crippen LogP contribution in [0.25, 0.3) is 0 Å². The van der Waals surface area contributed by atoms with Crippen LogP contribution in [-0.4, -0.2) is 65.6 Å². The van der Waals surface area contributed by atoms with Crippen LogP contribution in [0.3, 0.4) is 0 Å². The van der Waals surface area contributed by atoms with Gasteiger partial charge in [0.15, 0.2) is 0 Å². The molecule has 0 radical (unpaired) electrons. The standard InChI is InChI=1S/C32H40ClN3O3/c1-31(2,3)20-28(37)35-16-13-32(14-17-35)15-18-36(21-32)29(38)23-10-9-22-11-12-27(25(22)19-23)34(4)30(39)24-7-5-6-8-26(24)33/h5-10,19,27H,11-18,20-21H2,1-4H3. The summed E-state index contributed by atoms with van der Waals surface area (Å²) < 4.78 is 0. The van der Waals surface area contributed by atoms with Crippen molar-refractivity contribution in [2.75, 3.05) is 33.2 Å². The molecule has 1 aliphatic carbocycles. The molecule has 7 heteroatoms. The van der Waals surface area contributed by atoms with E-state index in [1.54, 1.807) is 17.0 Å². The minimum atomic E-state index is -0.107. The van der Waals surface area contributed by atoms with Gasteiger partial charge >= 0.3 is 0 Å². The van der Waals surface area contributed by atoms with Crippen LogP contribution in [0.2, 0.25) is 5.02 Å². The minimum absolute atomic E-state index is 0.00560. The molecule has 2 aromatic carbocycles. The molecule has 5 rings (SSSR count). The van der Waals surface area contributed by atoms with Crippen molar-refractivity contribution < 1.29 is 14.4 Å². The third-order valence-electron chi connectivity index (χ3n) is 8.91. The number of likely N-dealkylation sites (tertiary alicyclic amines) is 2. The second-order valence-electron chi connectivity index (χ2n) is 13.0. The monoisotopic (exact) mass is 549 g/mol. The Kier molecular flexibility index (Phi) is 7.53. The smallest absolute Gasteiger partial charge is 0.255 e. The number of fused-ring (bicyclic) bond motifs is 1. The van der Waals surface area contributed by atoms with Crippen molar-refractivity contribution in [1.82, 2.24) is 14.7 Å². The fourth-order valence-corrected chi connectivity index (χ4v) is 6.79. The van der Waals surface area contributed by atoms with Gasteiger partial charge < -0.3 is 14.7 Å². The lowest BCUT2D eigenvalue weighted by Gasteiger charge is -2.40. The molecule has 1 spiro atoms. The van der Waals surface area contributed by atoms with Crippen LogP contribution in [0.15, 0.2) is 42.5 Å². The maximum Gasteiger partial charge on any atom is 0.255 e. The quantitative estimate of drug-likeness (QED) is 0.470. The van der Waals surface area contributed by atoms with Crippen LogP contribution in [0.4, 0.5) is 0 Å². The van der Waals surface area contributed by atoms with Crippen molar-refractivity contribution in [2.24, 2.45) is 10.8 Å². The molecule has 2 fully saturated rings. The Morgan fingerprint density at radius 2 is 1.67 bits per heavy atom. The molecule has 6 nitrogen and oxygen atoms in total. The molecule has 0 saturated carbocycles. The molecule has 3 aliphatic rings. The first-order chi connectivity index (χ1) is 18.5. The zero-order valence-corrected chi connectivity index (χ0v) is 24.4. The molecule has 39 heavy (non-hydrogen) atoms. The van der Waals surface area contributed by atoms with Crippen LogP contribution in [0.1, 0.15) is 90.8 Å². The second-order valence-corrected chi connectivity index (χ2v) is 13.4. The topological polar surface area (TPSA) is 60.9 Å². The maximum atomic E-state index is 13.6. The molecule has 2 aliphatic heterocycles. The van der Waals surface area contributed by atoms with Crippen molar-refractivity contribution in [3.63, 3.8) is 0 Å². The van der Waals surface area contributed by atoms with Gasteiger partial charge in [-0.05, 0) is 78.3 Å². The van der Waals surface area contributed by atoms with E-state index in [0.717, 1.165) is 63.8 Å². The van der Waals surface area contributed by atoms with Crippen LogP contribution >= 0.6 is 11.6 Å². The number of amides is 3. The Balaban J connectivity index is 1.25. The Morgan fingerprint density at radius 3 is 2.33 bits per heavy atom. The largest absolute Gasteiger partial charge is 0.343 e. The molecule has 0 N–H and O–H groups in total. The van der Waals surface area contributed by atoms with Crippen molar-refractivity contribution >= 4 is 29.3 Å². The fourth-order valence-electron chi connectivity index (χ4n) is 6.58. The van der Waals surface area contributed by atoms with Gasteiger partial charge in [-0.25, -0.2) is 0 Å². The van der Waals surface area contributed by atoms with E-state index in [-0.39, 0.29) is 34.6 Å². The Labute approximate surface area is 237 Å². The van der Waals surface area contributed by atoms with E-state index in [1.165, 1.54) is 5.56 Å². The summed E-state index contributed by atoms with van der Waals surface area (Å²) in [5, 5.41) is 0.448. The highest BCUT2D eigenvalue weighted by Gasteiger charge is 2.43. The summed E-state index contributed by atoms with van der Waals surface area (Å²) in [4.78, 5) is 45.4. The number of hydrogen-bond acceptors (Lipinski definition) is 3. The van der Waals surface area contributed by atoms with E-state index in [1.807, 2.05) is 41.1 Å². The number of carbonyl (C=O) groups is 3. The van der Waals surface area contributed by atoms with E-state index >= 15 is 0 Å². The number of benzene rings is 2. The summed E-state index contributed by atoms with van der Waals surface area (Å²) in [6.45, 7) is 9.37. The number of aryl methyl sites for hydroxylation is 1. The molecule has 0 bridgehead atoms. The first-order valence-corrected chi connectivity index (χ1v) is 14.6. The zero-order valence-electron chi connectivity index (χ0n) is 23.6. The fraction of sp³-hybridized carbons (Fsp3) is 0.531. The predicted octanol–water partition coefficient (Wildman–Crippen LogP) is 5.99. The third kappa shape index (κ3) is 5.72. The van der Waals surface area contributed by atoms with Gasteiger partial charge in [0.25, 0.3) is 11.8 Å². The van der Waals surface area contributed by atoms with Crippen LogP contribution in [0.5, 0.6) is 0 Å². The summed E-state index contributed by atoms with van der Waals surface area (Å²) >= 11 is 6.30. The molecule has 1 unspecified atom stereocenters. The van der Waals surface area contributed by atoms with Gasteiger partial charge in [0.05, 0.1) is 16.6 Å². The van der Waals surface area contributed by atoms with Gasteiger partial charge in [-0.1, -0.05) is 50.6 Å². The number of halogens is 1. The number of piperidine rings is 1. The van der Waals surface area contributed by atoms with Crippen molar-refractivity contribution in [1.29, 1.82) is 0 Å². The summed E-state index contributed by atoms with van der Waals surface area (Å²) in [7, 11) is 1.82. The molecule has 0 aromatic heterocycles. The highest BCUT2D eigenvalue weighted by atomic mass is 35.5. The lowest BCUT2D eigenvalue weighted by molar-refractivity contribution is -0.135. The average molecular weight is 550 g/mol. The summed E-state index contributed by atoms with van der Waals surface area (Å²) in [5.74, 6) is 0.199. The Hall–Kier alpha value is -2.86. The van der Waals surface area contributed by atoms with Gasteiger partial charge in [0.2, 0.25) is 5.91 Å². The van der Waals surface area contributed by atoms with Crippen molar-refractivity contribution in [3.8, 4) is 0 Å². The van der Waals surface area contributed by atoms with Crippen molar-refractivity contribution in [2.45, 2.75) is 65.3 Å². The molecule has 2 heterocycles. The number of nitrogens with zero attached hydrogens (tertiary/aromatic N) is 3. The molecule has 1 atom stereocenters. The Morgan fingerprint density at radius 1 is 1.00 bits per heavy atom. The first-order valence-electron chi connectivity index (χ1n) is 14.2. The number of hydrogen-bond donors (Lipinski definition) is 0. The molecule has 2 saturated heterocycles. The average Bonchev–Trinajstić information content (AvgIpc) is 3.51. The van der Waals surface area contributed by atoms with E-state index < -0.39 is 0 Å².